The Morgan fingerprint density at radius 1 is 1.09 bits per heavy atom. The molecule has 12 nitrogen and oxygen atoms in total. The minimum Gasteiger partial charge on any atom is -0.507 e. The van der Waals surface area contributed by atoms with E-state index in [9.17, 15) is 24.6 Å². The van der Waals surface area contributed by atoms with Gasteiger partial charge in [0.05, 0.1) is 12.1 Å². The molecule has 2 aromatic carbocycles. The second-order valence-electron chi connectivity index (χ2n) is 6.43. The third-order valence-electron chi connectivity index (χ3n) is 4.00. The van der Waals surface area contributed by atoms with Crippen LogP contribution < -0.4 is 31.7 Å². The van der Waals surface area contributed by atoms with Gasteiger partial charge < -0.3 is 42.0 Å². The van der Waals surface area contributed by atoms with E-state index in [1.165, 1.54) is 18.2 Å². The van der Waals surface area contributed by atoms with Crippen LogP contribution in [0.5, 0.6) is 11.5 Å². The summed E-state index contributed by atoms with van der Waals surface area (Å²) in [5.41, 5.74) is 5.52. The Kier molecular flexibility index (Phi) is 8.66. The first-order valence-corrected chi connectivity index (χ1v) is 9.43. The van der Waals surface area contributed by atoms with E-state index >= 15 is 0 Å². The normalized spacial score (nSPS) is 11.0. The fraction of sp³-hybridized carbons (Fsp3) is 0.200. The average Bonchev–Trinajstić information content (AvgIpc) is 2.74. The van der Waals surface area contributed by atoms with Crippen molar-refractivity contribution < 1.29 is 29.3 Å². The second-order valence-corrected chi connectivity index (χ2v) is 6.43. The average molecular weight is 444 g/mol. The van der Waals surface area contributed by atoms with Crippen LogP contribution in [0.15, 0.2) is 48.5 Å². The molecule has 0 saturated carbocycles. The third kappa shape index (κ3) is 7.74. The summed E-state index contributed by atoms with van der Waals surface area (Å²) in [4.78, 5) is 35.8. The molecule has 0 fully saturated rings. The van der Waals surface area contributed by atoms with Gasteiger partial charge in [0.1, 0.15) is 24.1 Å². The lowest BCUT2D eigenvalue weighted by Crippen LogP contribution is -2.49. The van der Waals surface area contributed by atoms with Crippen molar-refractivity contribution >= 4 is 29.6 Å². The molecule has 0 aliphatic heterocycles. The molecule has 0 aliphatic rings. The van der Waals surface area contributed by atoms with Gasteiger partial charge in [-0.05, 0) is 24.3 Å². The largest absolute Gasteiger partial charge is 0.507 e. The van der Waals surface area contributed by atoms with Gasteiger partial charge in [-0.2, -0.15) is 0 Å². The highest BCUT2D eigenvalue weighted by molar-refractivity contribution is 5.97. The van der Waals surface area contributed by atoms with Crippen LogP contribution in [0.25, 0.3) is 0 Å². The third-order valence-corrected chi connectivity index (χ3v) is 4.00. The number of aliphatic carboxylic acids is 1. The summed E-state index contributed by atoms with van der Waals surface area (Å²) in [7, 11) is 0. The number of aromatic hydroxyl groups is 1. The maximum atomic E-state index is 12.3. The number of hydrogen-bond donors (Lipinski definition) is 8. The smallest absolute Gasteiger partial charge is 0.328 e. The molecule has 2 rings (SSSR count). The minimum atomic E-state index is -1.40. The molecule has 1 atom stereocenters. The zero-order valence-corrected chi connectivity index (χ0v) is 16.9. The first kappa shape index (κ1) is 23.8. The molecule has 12 heteroatoms. The lowest BCUT2D eigenvalue weighted by atomic mass is 10.1. The predicted molar refractivity (Wildman–Crippen MR) is 116 cm³/mol. The zero-order valence-electron chi connectivity index (χ0n) is 16.9. The summed E-state index contributed by atoms with van der Waals surface area (Å²) in [6.07, 6.45) is 0. The number of para-hydroxylation sites is 1. The zero-order chi connectivity index (χ0) is 23.5. The number of nitrogens with two attached hydrogens (primary N) is 1. The molecule has 32 heavy (non-hydrogen) atoms. The van der Waals surface area contributed by atoms with Gasteiger partial charge in [0.15, 0.2) is 5.96 Å². The van der Waals surface area contributed by atoms with Gasteiger partial charge in [-0.3, -0.25) is 10.2 Å². The molecule has 0 radical (unpaired) electrons. The Bertz CT molecular complexity index is 968. The SMILES string of the molecule is N=C(N)NCCOc1ccc(C(=O)NC[C@H](NC(=O)Nc2ccccc2)C(=O)O)c(O)c1. The van der Waals surface area contributed by atoms with Crippen LogP contribution >= 0.6 is 0 Å². The molecular formula is C20H24N6O6. The molecule has 0 spiro atoms. The first-order valence-electron chi connectivity index (χ1n) is 9.43. The van der Waals surface area contributed by atoms with Crippen molar-refractivity contribution in [2.45, 2.75) is 6.04 Å². The number of carbonyl (C=O) groups is 3. The van der Waals surface area contributed by atoms with Crippen LogP contribution in [0.4, 0.5) is 10.5 Å². The molecule has 0 bridgehead atoms. The van der Waals surface area contributed by atoms with E-state index in [-0.39, 0.29) is 36.2 Å². The molecule has 0 saturated heterocycles. The summed E-state index contributed by atoms with van der Waals surface area (Å²) in [5, 5.41) is 36.1. The van der Waals surface area contributed by atoms with Gasteiger partial charge >= 0.3 is 12.0 Å². The van der Waals surface area contributed by atoms with Crippen LogP contribution in [0, 0.1) is 5.41 Å². The van der Waals surface area contributed by atoms with E-state index in [0.29, 0.717) is 5.69 Å². The number of ether oxygens (including phenoxy) is 1. The standard InChI is InChI=1S/C20H24N6O6/c21-19(22)23-8-9-32-13-6-7-14(16(27)10-13)17(28)24-11-15(18(29)30)26-20(31)25-12-4-2-1-3-5-12/h1-7,10,15,27H,8-9,11H2,(H,24,28)(H,29,30)(H4,21,22,23)(H2,25,26,31)/t15-/m0/s1. The number of anilines is 1. The second kappa shape index (κ2) is 11.6. The molecular weight excluding hydrogens is 420 g/mol. The number of phenols is 1. The minimum absolute atomic E-state index is 0.0999. The summed E-state index contributed by atoms with van der Waals surface area (Å²) >= 11 is 0. The van der Waals surface area contributed by atoms with Crippen molar-refractivity contribution in [2.24, 2.45) is 5.73 Å². The van der Waals surface area contributed by atoms with Crippen LogP contribution in [0.3, 0.4) is 0 Å². The summed E-state index contributed by atoms with van der Waals surface area (Å²) in [5.74, 6) is -2.37. The topological polar surface area (TPSA) is 199 Å². The van der Waals surface area contributed by atoms with Gasteiger partial charge in [-0.15, -0.1) is 0 Å². The number of guanidine groups is 1. The molecule has 0 aliphatic carbocycles. The van der Waals surface area contributed by atoms with E-state index < -0.39 is 30.5 Å². The molecule has 0 unspecified atom stereocenters. The summed E-state index contributed by atoms with van der Waals surface area (Å²) < 4.78 is 5.36. The highest BCUT2D eigenvalue weighted by Crippen LogP contribution is 2.23. The fourth-order valence-electron chi connectivity index (χ4n) is 2.48. The van der Waals surface area contributed by atoms with Crippen molar-refractivity contribution in [2.75, 3.05) is 25.0 Å². The Hall–Kier alpha value is -4.48. The summed E-state index contributed by atoms with van der Waals surface area (Å²) in [6.45, 7) is 0.0338. The number of carbonyl (C=O) groups excluding carboxylic acids is 2. The molecule has 0 aromatic heterocycles. The van der Waals surface area contributed by atoms with Crippen LogP contribution in [0.2, 0.25) is 0 Å². The van der Waals surface area contributed by atoms with Gasteiger partial charge in [0.25, 0.3) is 5.91 Å². The van der Waals surface area contributed by atoms with Gasteiger partial charge in [-0.1, -0.05) is 18.2 Å². The van der Waals surface area contributed by atoms with Gasteiger partial charge in [0.2, 0.25) is 0 Å². The molecule has 9 N–H and O–H groups in total. The number of rotatable bonds is 10. The van der Waals surface area contributed by atoms with E-state index in [4.69, 9.17) is 15.9 Å². The molecule has 3 amide bonds. The number of benzene rings is 2. The maximum Gasteiger partial charge on any atom is 0.328 e. The van der Waals surface area contributed by atoms with Crippen molar-refractivity contribution in [3.63, 3.8) is 0 Å². The molecule has 2 aromatic rings. The molecule has 0 heterocycles. The number of urea groups is 1. The number of carboxylic acid groups (broad SMARTS) is 1. The fourth-order valence-corrected chi connectivity index (χ4v) is 2.48. The van der Waals surface area contributed by atoms with E-state index in [2.05, 4.69) is 21.3 Å². The Balaban J connectivity index is 1.88. The van der Waals surface area contributed by atoms with Crippen molar-refractivity contribution in [1.82, 2.24) is 16.0 Å². The number of nitrogens with one attached hydrogen (secondary N) is 5. The number of amides is 3. The van der Waals surface area contributed by atoms with E-state index in [1.54, 1.807) is 30.3 Å². The Labute approximate surface area is 183 Å². The van der Waals surface area contributed by atoms with Crippen molar-refractivity contribution in [3.8, 4) is 11.5 Å². The van der Waals surface area contributed by atoms with Crippen molar-refractivity contribution in [1.29, 1.82) is 5.41 Å². The Morgan fingerprint density at radius 3 is 2.44 bits per heavy atom. The number of phenolic OH excluding ortho intramolecular Hbond substituents is 1. The predicted octanol–water partition coefficient (Wildman–Crippen LogP) is 0.259. The van der Waals surface area contributed by atoms with Crippen LogP contribution in [-0.4, -0.2) is 59.8 Å². The summed E-state index contributed by atoms with van der Waals surface area (Å²) in [6, 6.07) is 10.3. The van der Waals surface area contributed by atoms with Crippen LogP contribution in [0.1, 0.15) is 10.4 Å². The molecule has 170 valence electrons. The van der Waals surface area contributed by atoms with Crippen molar-refractivity contribution in [3.05, 3.63) is 54.1 Å². The number of carboxylic acids is 1. The lowest BCUT2D eigenvalue weighted by Gasteiger charge is -2.16. The van der Waals surface area contributed by atoms with Crippen LogP contribution in [-0.2, 0) is 4.79 Å². The highest BCUT2D eigenvalue weighted by atomic mass is 16.5. The van der Waals surface area contributed by atoms with Gasteiger partial charge in [-0.25, -0.2) is 9.59 Å². The van der Waals surface area contributed by atoms with Gasteiger partial charge in [0, 0.05) is 18.3 Å². The van der Waals surface area contributed by atoms with E-state index in [0.717, 1.165) is 0 Å². The first-order chi connectivity index (χ1) is 15.3. The Morgan fingerprint density at radius 2 is 1.81 bits per heavy atom. The quantitative estimate of drug-likeness (QED) is 0.145. The monoisotopic (exact) mass is 444 g/mol. The number of hydrogen-bond acceptors (Lipinski definition) is 6. The lowest BCUT2D eigenvalue weighted by molar-refractivity contribution is -0.138. The van der Waals surface area contributed by atoms with E-state index in [1.807, 2.05) is 0 Å². The maximum absolute atomic E-state index is 12.3. The highest BCUT2D eigenvalue weighted by Gasteiger charge is 2.22.